The molecular weight excluding hydrogens is 368 g/mol. The number of carbonyl (C=O) groups is 2. The van der Waals surface area contributed by atoms with Gasteiger partial charge in [-0.1, -0.05) is 36.4 Å². The van der Waals surface area contributed by atoms with Gasteiger partial charge < -0.3 is 20.1 Å². The van der Waals surface area contributed by atoms with Gasteiger partial charge in [-0.25, -0.2) is 4.79 Å². The minimum Gasteiger partial charge on any atom is -0.492 e. The first-order chi connectivity index (χ1) is 14.2. The quantitative estimate of drug-likeness (QED) is 0.604. The number of hydrogen-bond donors (Lipinski definition) is 2. The van der Waals surface area contributed by atoms with E-state index >= 15 is 0 Å². The van der Waals surface area contributed by atoms with E-state index in [1.165, 1.54) is 17.5 Å². The third-order valence-corrected chi connectivity index (χ3v) is 4.83. The Morgan fingerprint density at radius 1 is 0.931 bits per heavy atom. The zero-order valence-corrected chi connectivity index (χ0v) is 16.6. The van der Waals surface area contributed by atoms with Gasteiger partial charge in [-0.2, -0.15) is 0 Å². The number of amides is 2. The number of carbonyl (C=O) groups excluding carboxylic acids is 2. The van der Waals surface area contributed by atoms with Crippen LogP contribution in [-0.4, -0.2) is 31.7 Å². The summed E-state index contributed by atoms with van der Waals surface area (Å²) in [6.45, 7) is 1.53. The Morgan fingerprint density at radius 3 is 2.62 bits per heavy atom. The highest BCUT2D eigenvalue weighted by Gasteiger charge is 2.11. The molecular formula is C23H28N2O4. The number of benzene rings is 2. The number of fused-ring (bicyclic) bond motifs is 1. The molecule has 0 spiro atoms. The molecule has 0 saturated heterocycles. The molecule has 3 rings (SSSR count). The van der Waals surface area contributed by atoms with E-state index in [0.29, 0.717) is 32.5 Å². The van der Waals surface area contributed by atoms with Crippen LogP contribution in [0, 0.1) is 0 Å². The van der Waals surface area contributed by atoms with E-state index in [9.17, 15) is 9.59 Å². The van der Waals surface area contributed by atoms with Crippen LogP contribution in [0.5, 0.6) is 5.75 Å². The second kappa shape index (κ2) is 11.1. The second-order valence-electron chi connectivity index (χ2n) is 7.07. The Hall–Kier alpha value is -3.02. The third kappa shape index (κ3) is 7.14. The molecule has 2 aromatic rings. The Kier molecular flexibility index (Phi) is 7.92. The first kappa shape index (κ1) is 20.7. The number of nitrogens with one attached hydrogen (secondary N) is 2. The van der Waals surface area contributed by atoms with Crippen LogP contribution in [0.15, 0.2) is 48.5 Å². The number of alkyl carbamates (subject to hydrolysis) is 1. The van der Waals surface area contributed by atoms with Crippen LogP contribution in [0.3, 0.4) is 0 Å². The summed E-state index contributed by atoms with van der Waals surface area (Å²) in [5.41, 5.74) is 3.73. The molecule has 0 bridgehead atoms. The van der Waals surface area contributed by atoms with Gasteiger partial charge in [0.2, 0.25) is 5.91 Å². The summed E-state index contributed by atoms with van der Waals surface area (Å²) in [6.07, 6.45) is 3.92. The van der Waals surface area contributed by atoms with Crippen molar-refractivity contribution in [3.8, 4) is 5.75 Å². The topological polar surface area (TPSA) is 76.7 Å². The summed E-state index contributed by atoms with van der Waals surface area (Å²) in [5.74, 6) is 0.806. The van der Waals surface area contributed by atoms with Gasteiger partial charge in [0.25, 0.3) is 0 Å². The lowest BCUT2D eigenvalue weighted by atomic mass is 10.1. The highest BCUT2D eigenvalue weighted by molar-refractivity contribution is 5.75. The minimum atomic E-state index is -0.475. The Labute approximate surface area is 171 Å². The van der Waals surface area contributed by atoms with E-state index in [1.807, 2.05) is 36.4 Å². The van der Waals surface area contributed by atoms with Crippen molar-refractivity contribution in [3.05, 3.63) is 65.2 Å². The molecule has 1 aliphatic rings. The molecule has 0 saturated carbocycles. The maximum atomic E-state index is 11.9. The minimum absolute atomic E-state index is 0.0537. The zero-order valence-electron chi connectivity index (χ0n) is 16.6. The molecule has 0 aromatic heterocycles. The molecule has 0 aliphatic heterocycles. The fraction of sp³-hybridized carbons (Fsp3) is 0.391. The molecule has 0 unspecified atom stereocenters. The van der Waals surface area contributed by atoms with Crippen molar-refractivity contribution in [3.63, 3.8) is 0 Å². The summed E-state index contributed by atoms with van der Waals surface area (Å²) in [5, 5.41) is 5.48. The molecule has 1 aliphatic carbocycles. The van der Waals surface area contributed by atoms with E-state index in [4.69, 9.17) is 9.47 Å². The van der Waals surface area contributed by atoms with Crippen LogP contribution in [-0.2, 0) is 29.0 Å². The molecule has 154 valence electrons. The molecule has 0 radical (unpaired) electrons. The van der Waals surface area contributed by atoms with Gasteiger partial charge in [-0.05, 0) is 54.5 Å². The molecule has 6 nitrogen and oxygen atoms in total. The lowest BCUT2D eigenvalue weighted by molar-refractivity contribution is -0.121. The summed E-state index contributed by atoms with van der Waals surface area (Å²) < 4.78 is 10.8. The molecule has 0 heterocycles. The maximum absolute atomic E-state index is 11.9. The van der Waals surface area contributed by atoms with Crippen molar-refractivity contribution in [2.45, 2.75) is 38.7 Å². The number of aryl methyl sites for hydroxylation is 2. The Balaban J connectivity index is 1.20. The maximum Gasteiger partial charge on any atom is 0.407 e. The van der Waals surface area contributed by atoms with E-state index in [1.54, 1.807) is 0 Å². The van der Waals surface area contributed by atoms with Crippen LogP contribution in [0.25, 0.3) is 0 Å². The predicted molar refractivity (Wildman–Crippen MR) is 111 cm³/mol. The molecule has 2 N–H and O–H groups in total. The average Bonchev–Trinajstić information content (AvgIpc) is 3.21. The van der Waals surface area contributed by atoms with E-state index in [-0.39, 0.29) is 12.5 Å². The summed E-state index contributed by atoms with van der Waals surface area (Å²) >= 11 is 0. The highest BCUT2D eigenvalue weighted by atomic mass is 16.5. The fourth-order valence-electron chi connectivity index (χ4n) is 3.30. The SMILES string of the molecule is O=C(CCCNC(=O)OCc1ccccc1)NCCOc1ccc2c(c1)CCC2. The molecule has 2 amide bonds. The van der Waals surface area contributed by atoms with Crippen molar-refractivity contribution in [1.29, 1.82) is 0 Å². The fourth-order valence-corrected chi connectivity index (χ4v) is 3.30. The summed E-state index contributed by atoms with van der Waals surface area (Å²) in [4.78, 5) is 23.5. The van der Waals surface area contributed by atoms with Crippen LogP contribution in [0.4, 0.5) is 4.79 Å². The van der Waals surface area contributed by atoms with Crippen LogP contribution < -0.4 is 15.4 Å². The first-order valence-electron chi connectivity index (χ1n) is 10.2. The molecule has 2 aromatic carbocycles. The van der Waals surface area contributed by atoms with Gasteiger partial charge in [0.1, 0.15) is 19.0 Å². The van der Waals surface area contributed by atoms with Crippen LogP contribution in [0.1, 0.15) is 36.0 Å². The van der Waals surface area contributed by atoms with Crippen LogP contribution >= 0.6 is 0 Å². The van der Waals surface area contributed by atoms with E-state index in [2.05, 4.69) is 22.8 Å². The van der Waals surface area contributed by atoms with Crippen molar-refractivity contribution in [1.82, 2.24) is 10.6 Å². The molecule has 29 heavy (non-hydrogen) atoms. The average molecular weight is 396 g/mol. The van der Waals surface area contributed by atoms with Gasteiger partial charge in [0.05, 0.1) is 6.54 Å². The Morgan fingerprint density at radius 2 is 1.76 bits per heavy atom. The van der Waals surface area contributed by atoms with Gasteiger partial charge in [0.15, 0.2) is 0 Å². The van der Waals surface area contributed by atoms with Crippen molar-refractivity contribution in [2.75, 3.05) is 19.7 Å². The first-order valence-corrected chi connectivity index (χ1v) is 10.2. The zero-order chi connectivity index (χ0) is 20.3. The monoisotopic (exact) mass is 396 g/mol. The highest BCUT2D eigenvalue weighted by Crippen LogP contribution is 2.25. The van der Waals surface area contributed by atoms with Crippen molar-refractivity contribution < 1.29 is 19.1 Å². The van der Waals surface area contributed by atoms with E-state index in [0.717, 1.165) is 24.2 Å². The normalized spacial score (nSPS) is 12.1. The van der Waals surface area contributed by atoms with Gasteiger partial charge in [0, 0.05) is 13.0 Å². The number of rotatable bonds is 10. The van der Waals surface area contributed by atoms with Crippen LogP contribution in [0.2, 0.25) is 0 Å². The number of ether oxygens (including phenoxy) is 2. The third-order valence-electron chi connectivity index (χ3n) is 4.83. The van der Waals surface area contributed by atoms with Gasteiger partial charge in [-0.3, -0.25) is 4.79 Å². The van der Waals surface area contributed by atoms with Crippen molar-refractivity contribution >= 4 is 12.0 Å². The van der Waals surface area contributed by atoms with Gasteiger partial charge >= 0.3 is 6.09 Å². The second-order valence-corrected chi connectivity index (χ2v) is 7.07. The standard InChI is InChI=1S/C23H28N2O4/c26-22(10-5-13-25-23(27)29-17-18-6-2-1-3-7-18)24-14-15-28-21-12-11-19-8-4-9-20(19)16-21/h1-3,6-7,11-12,16H,4-5,8-10,13-15,17H2,(H,24,26)(H,25,27). The molecule has 0 atom stereocenters. The molecule has 6 heteroatoms. The lowest BCUT2D eigenvalue weighted by Crippen LogP contribution is -2.30. The predicted octanol–water partition coefficient (Wildman–Crippen LogP) is 3.38. The molecule has 0 fully saturated rings. The lowest BCUT2D eigenvalue weighted by Gasteiger charge is -2.10. The largest absolute Gasteiger partial charge is 0.492 e. The summed E-state index contributed by atoms with van der Waals surface area (Å²) in [7, 11) is 0. The van der Waals surface area contributed by atoms with Crippen molar-refractivity contribution in [2.24, 2.45) is 0 Å². The Bertz CT molecular complexity index is 808. The van der Waals surface area contributed by atoms with E-state index < -0.39 is 6.09 Å². The number of hydrogen-bond acceptors (Lipinski definition) is 4. The smallest absolute Gasteiger partial charge is 0.407 e. The summed E-state index contributed by atoms with van der Waals surface area (Å²) in [6, 6.07) is 15.7. The van der Waals surface area contributed by atoms with Gasteiger partial charge in [-0.15, -0.1) is 0 Å².